The zero-order chi connectivity index (χ0) is 33.6. The van der Waals surface area contributed by atoms with Crippen molar-refractivity contribution in [3.05, 3.63) is 98.2 Å². The Morgan fingerprint density at radius 1 is 0.957 bits per heavy atom. The molecule has 0 aliphatic carbocycles. The molecule has 46 heavy (non-hydrogen) atoms. The highest BCUT2D eigenvalue weighted by Crippen LogP contribution is 2.28. The van der Waals surface area contributed by atoms with Crippen molar-refractivity contribution in [2.45, 2.75) is 51.2 Å². The van der Waals surface area contributed by atoms with Crippen LogP contribution >= 0.6 is 0 Å². The molecule has 0 saturated carbocycles. The van der Waals surface area contributed by atoms with Gasteiger partial charge in [-0.3, -0.25) is 14.4 Å². The number of carboxylic acids is 1. The molecule has 3 aromatic rings. The molecular formula is C32H35F4N5O5. The Kier molecular flexibility index (Phi) is 10.6. The van der Waals surface area contributed by atoms with E-state index in [1.54, 1.807) is 24.0 Å². The molecule has 0 radical (unpaired) electrons. The number of amides is 2. The molecule has 246 valence electrons. The maximum atomic E-state index is 14.8. The number of carboxylic acid groups (broad SMARTS) is 1. The molecule has 0 spiro atoms. The van der Waals surface area contributed by atoms with Gasteiger partial charge in [0.15, 0.2) is 0 Å². The van der Waals surface area contributed by atoms with Gasteiger partial charge in [0.1, 0.15) is 11.4 Å². The zero-order valence-electron chi connectivity index (χ0n) is 25.4. The molecule has 1 atom stereocenters. The van der Waals surface area contributed by atoms with Crippen molar-refractivity contribution in [3.63, 3.8) is 0 Å². The highest BCUT2D eigenvalue weighted by molar-refractivity contribution is 5.95. The van der Waals surface area contributed by atoms with Gasteiger partial charge in [-0.2, -0.15) is 18.3 Å². The summed E-state index contributed by atoms with van der Waals surface area (Å²) in [6.07, 6.45) is -2.36. The molecule has 2 aliphatic rings. The summed E-state index contributed by atoms with van der Waals surface area (Å²) in [6, 6.07) is 14.5. The van der Waals surface area contributed by atoms with Crippen molar-refractivity contribution in [3.8, 4) is 0 Å². The van der Waals surface area contributed by atoms with Crippen LogP contribution in [0.25, 0.3) is 0 Å². The number of hydrogen-bond acceptors (Lipinski definition) is 6. The van der Waals surface area contributed by atoms with Gasteiger partial charge in [-0.15, -0.1) is 0 Å². The number of piperazine rings is 1. The van der Waals surface area contributed by atoms with Gasteiger partial charge in [0.25, 0.3) is 11.5 Å². The van der Waals surface area contributed by atoms with Crippen LogP contribution in [-0.4, -0.2) is 87.3 Å². The van der Waals surface area contributed by atoms with Crippen molar-refractivity contribution in [1.82, 2.24) is 25.3 Å². The monoisotopic (exact) mass is 645 g/mol. The Hall–Kier alpha value is -4.59. The Morgan fingerprint density at radius 2 is 1.59 bits per heavy atom. The molecule has 2 amide bonds. The summed E-state index contributed by atoms with van der Waals surface area (Å²) in [5, 5.41) is 17.2. The van der Waals surface area contributed by atoms with Crippen LogP contribution in [0.15, 0.2) is 53.3 Å². The summed E-state index contributed by atoms with van der Waals surface area (Å²) in [5.74, 6) is -3.65. The van der Waals surface area contributed by atoms with Gasteiger partial charge < -0.3 is 20.2 Å². The number of H-pyrrole nitrogens is 1. The molecule has 2 aliphatic heterocycles. The number of aromatic nitrogens is 2. The van der Waals surface area contributed by atoms with Gasteiger partial charge in [-0.05, 0) is 68.5 Å². The number of carbonyl (C=O) groups is 3. The van der Waals surface area contributed by atoms with E-state index in [4.69, 9.17) is 9.90 Å². The lowest BCUT2D eigenvalue weighted by Gasteiger charge is -2.40. The van der Waals surface area contributed by atoms with Gasteiger partial charge in [0, 0.05) is 38.2 Å². The maximum absolute atomic E-state index is 14.8. The van der Waals surface area contributed by atoms with Crippen LogP contribution in [0, 0.1) is 19.7 Å². The normalized spacial score (nSPS) is 18.1. The first-order valence-corrected chi connectivity index (χ1v) is 14.7. The second kappa shape index (κ2) is 14.2. The number of carbonyl (C=O) groups excluding carboxylic acids is 2. The number of halogens is 4. The third-order valence-corrected chi connectivity index (χ3v) is 8.36. The Balaban J connectivity index is 0.000000617. The minimum absolute atomic E-state index is 0.00378. The predicted molar refractivity (Wildman–Crippen MR) is 160 cm³/mol. The summed E-state index contributed by atoms with van der Waals surface area (Å²) in [7, 11) is 0. The number of aromatic amines is 1. The molecule has 10 nitrogen and oxygen atoms in total. The van der Waals surface area contributed by atoms with Crippen molar-refractivity contribution in [2.75, 3.05) is 32.7 Å². The highest BCUT2D eigenvalue weighted by Gasteiger charge is 2.44. The van der Waals surface area contributed by atoms with E-state index in [9.17, 15) is 31.9 Å². The molecule has 0 bridgehead atoms. The van der Waals surface area contributed by atoms with Crippen molar-refractivity contribution >= 4 is 17.8 Å². The van der Waals surface area contributed by atoms with E-state index in [1.165, 1.54) is 6.07 Å². The number of benzene rings is 2. The van der Waals surface area contributed by atoms with E-state index in [2.05, 4.69) is 15.5 Å². The second-order valence-electron chi connectivity index (χ2n) is 11.4. The summed E-state index contributed by atoms with van der Waals surface area (Å²) in [5.41, 5.74) is 3.03. The number of nitrogens with zero attached hydrogens (tertiary/aromatic N) is 3. The van der Waals surface area contributed by atoms with E-state index in [0.29, 0.717) is 50.3 Å². The van der Waals surface area contributed by atoms with Crippen LogP contribution in [0.2, 0.25) is 0 Å². The largest absolute Gasteiger partial charge is 0.490 e. The lowest BCUT2D eigenvalue weighted by atomic mass is 9.87. The van der Waals surface area contributed by atoms with E-state index >= 15 is 0 Å². The molecule has 2 aromatic carbocycles. The molecule has 3 heterocycles. The summed E-state index contributed by atoms with van der Waals surface area (Å²) >= 11 is 0. The number of nitrogens with one attached hydrogen (secondary N) is 2. The van der Waals surface area contributed by atoms with Gasteiger partial charge in [-0.1, -0.05) is 36.4 Å². The van der Waals surface area contributed by atoms with Gasteiger partial charge in [0.2, 0.25) is 5.91 Å². The smallest absolute Gasteiger partial charge is 0.475 e. The van der Waals surface area contributed by atoms with Gasteiger partial charge in [-0.25, -0.2) is 14.3 Å². The number of aliphatic carboxylic acids is 1. The third-order valence-electron chi connectivity index (χ3n) is 8.36. The molecule has 3 N–H and O–H groups in total. The molecule has 2 saturated heterocycles. The van der Waals surface area contributed by atoms with Crippen molar-refractivity contribution < 1.29 is 37.1 Å². The first kappa shape index (κ1) is 34.3. The standard InChI is InChI=1S/C30H34FN5O3.C2HF3O2/c1-20-21(2)27(37)34-33-26(20)18-23-9-10-25(31)24(17-23)28(38)35-13-15-36(16-14-35)29(39)30(11-6-12-32-30)19-22-7-4-3-5-8-22;3-2(4,5)1(6)7/h3-5,7-10,17,32H,6,11-16,18-19H2,1-2H3,(H,34,37);(H,6,7). The Bertz CT molecular complexity index is 1630. The fourth-order valence-electron chi connectivity index (χ4n) is 5.63. The quantitative estimate of drug-likeness (QED) is 0.350. The number of alkyl halides is 3. The number of rotatable bonds is 6. The molecule has 1 aromatic heterocycles. The van der Waals surface area contributed by atoms with Gasteiger partial charge in [0.05, 0.1) is 11.3 Å². The van der Waals surface area contributed by atoms with Crippen LogP contribution in [0.5, 0.6) is 0 Å². The van der Waals surface area contributed by atoms with E-state index in [0.717, 1.165) is 36.1 Å². The van der Waals surface area contributed by atoms with Crippen LogP contribution in [0.1, 0.15) is 51.1 Å². The minimum atomic E-state index is -5.08. The van der Waals surface area contributed by atoms with E-state index in [1.807, 2.05) is 42.2 Å². The van der Waals surface area contributed by atoms with Crippen molar-refractivity contribution in [1.29, 1.82) is 0 Å². The zero-order valence-corrected chi connectivity index (χ0v) is 25.4. The SMILES string of the molecule is Cc1c(Cc2ccc(F)c(C(=O)N3CCN(C(=O)C4(Cc5ccccc5)CCCN4)CC3)c2)n[nH]c(=O)c1C.O=C(O)C(F)(F)F. The summed E-state index contributed by atoms with van der Waals surface area (Å²) in [4.78, 5) is 51.2. The first-order chi connectivity index (χ1) is 21.7. The van der Waals surface area contributed by atoms with Crippen LogP contribution in [-0.2, 0) is 22.4 Å². The third kappa shape index (κ3) is 7.97. The van der Waals surface area contributed by atoms with E-state index < -0.39 is 23.5 Å². The van der Waals surface area contributed by atoms with Crippen molar-refractivity contribution in [2.24, 2.45) is 0 Å². The van der Waals surface area contributed by atoms with Crippen LogP contribution in [0.3, 0.4) is 0 Å². The average Bonchev–Trinajstić information content (AvgIpc) is 3.51. The Morgan fingerprint density at radius 3 is 2.17 bits per heavy atom. The molecule has 2 fully saturated rings. The lowest BCUT2D eigenvalue weighted by Crippen LogP contribution is -2.60. The summed E-state index contributed by atoms with van der Waals surface area (Å²) < 4.78 is 46.5. The molecular weight excluding hydrogens is 610 g/mol. The molecule has 5 rings (SSSR count). The average molecular weight is 646 g/mol. The molecule has 14 heteroatoms. The first-order valence-electron chi connectivity index (χ1n) is 14.7. The van der Waals surface area contributed by atoms with Gasteiger partial charge >= 0.3 is 12.1 Å². The molecule has 1 unspecified atom stereocenters. The second-order valence-corrected chi connectivity index (χ2v) is 11.4. The highest BCUT2D eigenvalue weighted by atomic mass is 19.4. The minimum Gasteiger partial charge on any atom is -0.475 e. The maximum Gasteiger partial charge on any atom is 0.490 e. The van der Waals surface area contributed by atoms with Crippen LogP contribution in [0.4, 0.5) is 17.6 Å². The fraction of sp³-hybridized carbons (Fsp3) is 0.406. The van der Waals surface area contributed by atoms with E-state index in [-0.39, 0.29) is 22.9 Å². The Labute approximate surface area is 262 Å². The fourth-order valence-corrected chi connectivity index (χ4v) is 5.63. The van der Waals surface area contributed by atoms with Crippen LogP contribution < -0.4 is 10.9 Å². The topological polar surface area (TPSA) is 136 Å². The predicted octanol–water partition coefficient (Wildman–Crippen LogP) is 3.40. The lowest BCUT2D eigenvalue weighted by molar-refractivity contribution is -0.192. The summed E-state index contributed by atoms with van der Waals surface area (Å²) in [6.45, 7) is 5.86. The number of hydrogen-bond donors (Lipinski definition) is 3.